The van der Waals surface area contributed by atoms with Gasteiger partial charge in [0.1, 0.15) is 17.5 Å². The number of hydrogen-bond acceptors (Lipinski definition) is 5. The Bertz CT molecular complexity index is 757. The van der Waals surface area contributed by atoms with E-state index in [1.807, 2.05) is 26.8 Å². The van der Waals surface area contributed by atoms with Gasteiger partial charge in [-0.2, -0.15) is 0 Å². The fourth-order valence-corrected chi connectivity index (χ4v) is 3.55. The van der Waals surface area contributed by atoms with E-state index in [4.69, 9.17) is 4.98 Å². The second-order valence-corrected chi connectivity index (χ2v) is 7.10. The maximum absolute atomic E-state index is 13.6. The number of nitrogens with zero attached hydrogens (tertiary/aromatic N) is 4. The van der Waals surface area contributed by atoms with Gasteiger partial charge in [-0.15, -0.1) is 0 Å². The summed E-state index contributed by atoms with van der Waals surface area (Å²) in [5, 5.41) is 9.58. The first kappa shape index (κ1) is 18.7. The molecule has 6 heteroatoms. The Labute approximate surface area is 154 Å². The molecular formula is C20H27FN4O. The van der Waals surface area contributed by atoms with E-state index in [1.54, 1.807) is 12.1 Å². The molecule has 1 aliphatic heterocycles. The molecule has 5 nitrogen and oxygen atoms in total. The molecule has 1 fully saturated rings. The summed E-state index contributed by atoms with van der Waals surface area (Å²) in [6.45, 7) is 9.94. The zero-order valence-corrected chi connectivity index (χ0v) is 15.7. The van der Waals surface area contributed by atoms with Crippen LogP contribution in [0.3, 0.4) is 0 Å². The molecule has 1 N–H and O–H groups in total. The summed E-state index contributed by atoms with van der Waals surface area (Å²) in [6, 6.07) is 6.71. The highest BCUT2D eigenvalue weighted by atomic mass is 19.1. The molecule has 0 spiro atoms. The van der Waals surface area contributed by atoms with E-state index in [2.05, 4.69) is 14.8 Å². The number of benzene rings is 1. The summed E-state index contributed by atoms with van der Waals surface area (Å²) in [4.78, 5) is 13.8. The lowest BCUT2D eigenvalue weighted by Crippen LogP contribution is -2.48. The normalized spacial score (nSPS) is 16.7. The molecule has 0 radical (unpaired) electrons. The van der Waals surface area contributed by atoms with Crippen LogP contribution in [-0.4, -0.2) is 58.8 Å². The Morgan fingerprint density at radius 3 is 2.54 bits per heavy atom. The number of halogens is 1. The molecule has 1 atom stereocenters. The highest BCUT2D eigenvalue weighted by molar-refractivity contribution is 5.51. The van der Waals surface area contributed by atoms with Crippen molar-refractivity contribution in [3.05, 3.63) is 52.7 Å². The molecule has 0 amide bonds. The second-order valence-electron chi connectivity index (χ2n) is 7.10. The van der Waals surface area contributed by atoms with Crippen LogP contribution in [-0.2, 0) is 6.42 Å². The molecule has 0 aliphatic carbocycles. The molecule has 0 bridgehead atoms. The molecule has 1 unspecified atom stereocenters. The van der Waals surface area contributed by atoms with Gasteiger partial charge in [-0.3, -0.25) is 4.90 Å². The minimum Gasteiger partial charge on any atom is -0.392 e. The number of hydrogen-bond donors (Lipinski definition) is 1. The van der Waals surface area contributed by atoms with Crippen molar-refractivity contribution >= 4 is 5.82 Å². The van der Waals surface area contributed by atoms with Crippen LogP contribution >= 0.6 is 0 Å². The molecule has 140 valence electrons. The standard InChI is InChI=1S/C20H27FN4O/c1-14(26)13-24-7-9-25(10-8-24)20-19(15(2)22-16(3)23-20)12-17-5-4-6-18(21)11-17/h4-6,11,14,26H,7-10,12-13H2,1-3H3. The molecular weight excluding hydrogens is 331 g/mol. The minimum absolute atomic E-state index is 0.221. The summed E-state index contributed by atoms with van der Waals surface area (Å²) in [5.74, 6) is 1.49. The van der Waals surface area contributed by atoms with Gasteiger partial charge in [-0.1, -0.05) is 12.1 Å². The number of piperazine rings is 1. The predicted octanol–water partition coefficient (Wildman–Crippen LogP) is 2.33. The van der Waals surface area contributed by atoms with E-state index in [-0.39, 0.29) is 11.9 Å². The Morgan fingerprint density at radius 2 is 1.88 bits per heavy atom. The van der Waals surface area contributed by atoms with Gasteiger partial charge in [0.2, 0.25) is 0 Å². The molecule has 1 aromatic heterocycles. The van der Waals surface area contributed by atoms with E-state index < -0.39 is 0 Å². The molecule has 1 saturated heterocycles. The fraction of sp³-hybridized carbons (Fsp3) is 0.500. The van der Waals surface area contributed by atoms with Crippen LogP contribution in [0.15, 0.2) is 24.3 Å². The number of aryl methyl sites for hydroxylation is 2. The van der Waals surface area contributed by atoms with Crippen LogP contribution in [0, 0.1) is 19.7 Å². The van der Waals surface area contributed by atoms with Gasteiger partial charge in [-0.05, 0) is 38.5 Å². The van der Waals surface area contributed by atoms with Crippen molar-refractivity contribution in [2.24, 2.45) is 0 Å². The van der Waals surface area contributed by atoms with Crippen LogP contribution in [0.25, 0.3) is 0 Å². The lowest BCUT2D eigenvalue weighted by molar-refractivity contribution is 0.122. The van der Waals surface area contributed by atoms with Crippen molar-refractivity contribution in [2.45, 2.75) is 33.3 Å². The van der Waals surface area contributed by atoms with Gasteiger partial charge < -0.3 is 10.0 Å². The Kier molecular flexibility index (Phi) is 5.84. The second kappa shape index (κ2) is 8.10. The number of aliphatic hydroxyl groups is 1. The van der Waals surface area contributed by atoms with E-state index in [0.717, 1.165) is 54.6 Å². The van der Waals surface area contributed by atoms with Gasteiger partial charge in [0.15, 0.2) is 0 Å². The Balaban J connectivity index is 1.83. The monoisotopic (exact) mass is 358 g/mol. The third-order valence-corrected chi connectivity index (χ3v) is 4.77. The largest absolute Gasteiger partial charge is 0.392 e. The minimum atomic E-state index is -0.311. The highest BCUT2D eigenvalue weighted by Gasteiger charge is 2.22. The average Bonchev–Trinajstić information content (AvgIpc) is 2.57. The zero-order chi connectivity index (χ0) is 18.7. The van der Waals surface area contributed by atoms with Crippen molar-refractivity contribution in [1.29, 1.82) is 0 Å². The van der Waals surface area contributed by atoms with E-state index in [0.29, 0.717) is 13.0 Å². The van der Waals surface area contributed by atoms with E-state index in [9.17, 15) is 9.50 Å². The van der Waals surface area contributed by atoms with Crippen LogP contribution in [0.5, 0.6) is 0 Å². The third-order valence-electron chi connectivity index (χ3n) is 4.77. The van der Waals surface area contributed by atoms with Gasteiger partial charge in [0, 0.05) is 50.4 Å². The molecule has 2 heterocycles. The SMILES string of the molecule is Cc1nc(C)c(Cc2cccc(F)c2)c(N2CCN(CC(C)O)CC2)n1. The Morgan fingerprint density at radius 1 is 1.15 bits per heavy atom. The van der Waals surface area contributed by atoms with E-state index in [1.165, 1.54) is 6.07 Å². The maximum atomic E-state index is 13.6. The topological polar surface area (TPSA) is 52.5 Å². The number of β-amino-alcohol motifs (C(OH)–C–C–N with tert-alkyl or cyclic N) is 1. The summed E-state index contributed by atoms with van der Waals surface area (Å²) < 4.78 is 13.6. The molecule has 26 heavy (non-hydrogen) atoms. The van der Waals surface area contributed by atoms with E-state index >= 15 is 0 Å². The van der Waals surface area contributed by atoms with Crippen molar-refractivity contribution < 1.29 is 9.50 Å². The predicted molar refractivity (Wildman–Crippen MR) is 101 cm³/mol. The lowest BCUT2D eigenvalue weighted by atomic mass is 10.0. The third kappa shape index (κ3) is 4.56. The van der Waals surface area contributed by atoms with Gasteiger partial charge in [0.25, 0.3) is 0 Å². The van der Waals surface area contributed by atoms with Crippen molar-refractivity contribution in [1.82, 2.24) is 14.9 Å². The molecule has 1 aliphatic rings. The molecule has 0 saturated carbocycles. The molecule has 2 aromatic rings. The average molecular weight is 358 g/mol. The molecule has 3 rings (SSSR count). The smallest absolute Gasteiger partial charge is 0.136 e. The zero-order valence-electron chi connectivity index (χ0n) is 15.7. The lowest BCUT2D eigenvalue weighted by Gasteiger charge is -2.37. The van der Waals surface area contributed by atoms with Crippen LogP contribution in [0.1, 0.15) is 29.6 Å². The fourth-order valence-electron chi connectivity index (χ4n) is 3.55. The summed E-state index contributed by atoms with van der Waals surface area (Å²) >= 11 is 0. The van der Waals surface area contributed by atoms with Gasteiger partial charge >= 0.3 is 0 Å². The van der Waals surface area contributed by atoms with Gasteiger partial charge in [0.05, 0.1) is 6.10 Å². The first-order chi connectivity index (χ1) is 12.4. The van der Waals surface area contributed by atoms with Crippen molar-refractivity contribution in [2.75, 3.05) is 37.6 Å². The van der Waals surface area contributed by atoms with Crippen molar-refractivity contribution in [3.8, 4) is 0 Å². The van der Waals surface area contributed by atoms with Crippen LogP contribution in [0.2, 0.25) is 0 Å². The number of anilines is 1. The first-order valence-corrected chi connectivity index (χ1v) is 9.16. The first-order valence-electron chi connectivity index (χ1n) is 9.16. The number of rotatable bonds is 5. The highest BCUT2D eigenvalue weighted by Crippen LogP contribution is 2.25. The molecule has 1 aromatic carbocycles. The number of aliphatic hydroxyl groups excluding tert-OH is 1. The summed E-state index contributed by atoms with van der Waals surface area (Å²) in [5.41, 5.74) is 2.93. The Hall–Kier alpha value is -2.05. The maximum Gasteiger partial charge on any atom is 0.136 e. The summed E-state index contributed by atoms with van der Waals surface area (Å²) in [7, 11) is 0. The van der Waals surface area contributed by atoms with Crippen molar-refractivity contribution in [3.63, 3.8) is 0 Å². The quantitative estimate of drug-likeness (QED) is 0.889. The number of aromatic nitrogens is 2. The van der Waals surface area contributed by atoms with Crippen LogP contribution in [0.4, 0.5) is 10.2 Å². The summed E-state index contributed by atoms with van der Waals surface area (Å²) in [6.07, 6.45) is 0.307. The van der Waals surface area contributed by atoms with Gasteiger partial charge in [-0.25, -0.2) is 14.4 Å². The van der Waals surface area contributed by atoms with Crippen LogP contribution < -0.4 is 4.90 Å².